The number of nitrogens with zero attached hydrogens (tertiary/aromatic N) is 2. The van der Waals surface area contributed by atoms with Gasteiger partial charge in [-0.05, 0) is 28.8 Å². The highest BCUT2D eigenvalue weighted by Crippen LogP contribution is 2.25. The van der Waals surface area contributed by atoms with Crippen LogP contribution in [0.1, 0.15) is 11.1 Å². The maximum atomic E-state index is 5.88. The van der Waals surface area contributed by atoms with Gasteiger partial charge in [-0.1, -0.05) is 66.7 Å². The smallest absolute Gasteiger partial charge is 0.205 e. The molecular weight excluding hydrogens is 380 g/mol. The highest BCUT2D eigenvalue weighted by molar-refractivity contribution is 7.14. The molecule has 0 radical (unpaired) electrons. The maximum absolute atomic E-state index is 5.88. The lowest BCUT2D eigenvalue weighted by molar-refractivity contribution is 0.306. The zero-order valence-corrected chi connectivity index (χ0v) is 16.5. The summed E-state index contributed by atoms with van der Waals surface area (Å²) in [6, 6.07) is 26.3. The first kappa shape index (κ1) is 18.7. The monoisotopic (exact) mass is 400 g/mol. The van der Waals surface area contributed by atoms with E-state index in [4.69, 9.17) is 10.5 Å². The van der Waals surface area contributed by atoms with Crippen molar-refractivity contribution in [3.63, 3.8) is 0 Å². The lowest BCUT2D eigenvalue weighted by Gasteiger charge is -2.09. The Kier molecular flexibility index (Phi) is 5.83. The van der Waals surface area contributed by atoms with Crippen molar-refractivity contribution in [2.45, 2.75) is 6.61 Å². The molecular formula is C23H20N4OS. The van der Waals surface area contributed by atoms with Crippen LogP contribution in [0.4, 0.5) is 10.9 Å². The number of nitrogens with one attached hydrogen (secondary N) is 1. The van der Waals surface area contributed by atoms with Gasteiger partial charge in [-0.2, -0.15) is 5.10 Å². The highest BCUT2D eigenvalue weighted by Gasteiger charge is 2.04. The third-order valence-corrected chi connectivity index (χ3v) is 5.03. The number of hydrazone groups is 1. The van der Waals surface area contributed by atoms with Gasteiger partial charge in [0.15, 0.2) is 0 Å². The van der Waals surface area contributed by atoms with E-state index in [0.29, 0.717) is 17.6 Å². The fraction of sp³-hybridized carbons (Fsp3) is 0.0435. The highest BCUT2D eigenvalue weighted by atomic mass is 32.1. The normalized spacial score (nSPS) is 10.9. The van der Waals surface area contributed by atoms with E-state index in [1.807, 2.05) is 48.5 Å². The zero-order chi connectivity index (χ0) is 19.9. The quantitative estimate of drug-likeness (QED) is 0.321. The molecule has 0 aliphatic carbocycles. The Morgan fingerprint density at radius 1 is 0.966 bits per heavy atom. The van der Waals surface area contributed by atoms with Crippen LogP contribution in [0.3, 0.4) is 0 Å². The van der Waals surface area contributed by atoms with Gasteiger partial charge in [0, 0.05) is 10.9 Å². The summed E-state index contributed by atoms with van der Waals surface area (Å²) >= 11 is 1.41. The van der Waals surface area contributed by atoms with E-state index < -0.39 is 0 Å². The Morgan fingerprint density at radius 3 is 2.48 bits per heavy atom. The zero-order valence-electron chi connectivity index (χ0n) is 15.7. The summed E-state index contributed by atoms with van der Waals surface area (Å²) in [4.78, 5) is 4.13. The number of aromatic nitrogens is 1. The summed E-state index contributed by atoms with van der Waals surface area (Å²) in [5.74, 6) is 1.33. The molecule has 0 amide bonds. The summed E-state index contributed by atoms with van der Waals surface area (Å²) in [5, 5.41) is 6.72. The van der Waals surface area contributed by atoms with Gasteiger partial charge in [-0.15, -0.1) is 11.3 Å². The molecule has 0 spiro atoms. The van der Waals surface area contributed by atoms with Crippen LogP contribution >= 0.6 is 11.3 Å². The molecule has 6 heteroatoms. The van der Waals surface area contributed by atoms with Gasteiger partial charge in [0.2, 0.25) is 5.13 Å². The molecule has 0 bridgehead atoms. The third kappa shape index (κ3) is 5.00. The van der Waals surface area contributed by atoms with Gasteiger partial charge in [0.25, 0.3) is 0 Å². The van der Waals surface area contributed by atoms with Crippen LogP contribution in [0.25, 0.3) is 11.1 Å². The Bertz CT molecular complexity index is 1090. The van der Waals surface area contributed by atoms with E-state index in [0.717, 1.165) is 28.0 Å². The molecule has 0 unspecified atom stereocenters. The summed E-state index contributed by atoms with van der Waals surface area (Å²) in [6.45, 7) is 0.552. The Labute approximate surface area is 173 Å². The van der Waals surface area contributed by atoms with E-state index in [9.17, 15) is 0 Å². The number of hydrogen-bond donors (Lipinski definition) is 2. The fourth-order valence-electron chi connectivity index (χ4n) is 2.84. The molecule has 0 atom stereocenters. The van der Waals surface area contributed by atoms with E-state index >= 15 is 0 Å². The number of hydrogen-bond acceptors (Lipinski definition) is 6. The standard InChI is InChI=1S/C23H20N4OS/c24-22-16-29-23(26-22)27-25-14-19-8-4-5-9-21(19)18-10-12-20(13-11-18)28-15-17-6-2-1-3-7-17/h1-14,16H,15,24H2,(H,26,27). The van der Waals surface area contributed by atoms with Crippen molar-refractivity contribution in [3.05, 3.63) is 95.4 Å². The lowest BCUT2D eigenvalue weighted by Crippen LogP contribution is -1.95. The SMILES string of the molecule is Nc1csc(NN=Cc2ccccc2-c2ccc(OCc3ccccc3)cc2)n1. The van der Waals surface area contributed by atoms with Crippen LogP contribution in [0.5, 0.6) is 5.75 Å². The average molecular weight is 401 g/mol. The van der Waals surface area contributed by atoms with Crippen LogP contribution in [0, 0.1) is 0 Å². The minimum Gasteiger partial charge on any atom is -0.489 e. The number of anilines is 2. The molecule has 29 heavy (non-hydrogen) atoms. The van der Waals surface area contributed by atoms with Crippen molar-refractivity contribution >= 4 is 28.5 Å². The first-order chi connectivity index (χ1) is 14.3. The second kappa shape index (κ2) is 9.03. The van der Waals surface area contributed by atoms with Gasteiger partial charge < -0.3 is 10.5 Å². The number of nitrogens with two attached hydrogens (primary N) is 1. The first-order valence-electron chi connectivity index (χ1n) is 9.14. The number of thiazole rings is 1. The van der Waals surface area contributed by atoms with Crippen LogP contribution in [-0.4, -0.2) is 11.2 Å². The van der Waals surface area contributed by atoms with Gasteiger partial charge in [0.1, 0.15) is 18.2 Å². The predicted octanol–water partition coefficient (Wildman–Crippen LogP) is 5.42. The van der Waals surface area contributed by atoms with Crippen molar-refractivity contribution in [3.8, 4) is 16.9 Å². The van der Waals surface area contributed by atoms with E-state index in [1.165, 1.54) is 11.3 Å². The first-order valence-corrected chi connectivity index (χ1v) is 10.0. The van der Waals surface area contributed by atoms with Gasteiger partial charge >= 0.3 is 0 Å². The summed E-state index contributed by atoms with van der Waals surface area (Å²) in [7, 11) is 0. The van der Waals surface area contributed by atoms with E-state index in [2.05, 4.69) is 45.8 Å². The number of ether oxygens (including phenoxy) is 1. The molecule has 3 N–H and O–H groups in total. The molecule has 1 heterocycles. The second-order valence-electron chi connectivity index (χ2n) is 6.33. The third-order valence-electron chi connectivity index (χ3n) is 4.26. The molecule has 0 saturated carbocycles. The maximum Gasteiger partial charge on any atom is 0.205 e. The predicted molar refractivity (Wildman–Crippen MR) is 120 cm³/mol. The molecule has 0 fully saturated rings. The van der Waals surface area contributed by atoms with Crippen LogP contribution in [-0.2, 0) is 6.61 Å². The largest absolute Gasteiger partial charge is 0.489 e. The number of benzene rings is 3. The number of rotatable bonds is 7. The summed E-state index contributed by atoms with van der Waals surface area (Å²) < 4.78 is 5.88. The lowest BCUT2D eigenvalue weighted by atomic mass is 10.0. The number of nitrogen functional groups attached to an aromatic ring is 1. The Hall–Kier alpha value is -3.64. The van der Waals surface area contributed by atoms with Crippen LogP contribution in [0.2, 0.25) is 0 Å². The minimum atomic E-state index is 0.489. The fourth-order valence-corrected chi connectivity index (χ4v) is 3.39. The van der Waals surface area contributed by atoms with Gasteiger partial charge in [0.05, 0.1) is 6.21 Å². The molecule has 0 saturated heterocycles. The van der Waals surface area contributed by atoms with Crippen molar-refractivity contribution < 1.29 is 4.74 Å². The van der Waals surface area contributed by atoms with Crippen LogP contribution in [0.15, 0.2) is 89.3 Å². The Balaban J connectivity index is 1.45. The van der Waals surface area contributed by atoms with E-state index in [1.54, 1.807) is 11.6 Å². The minimum absolute atomic E-state index is 0.489. The summed E-state index contributed by atoms with van der Waals surface area (Å²) in [5.41, 5.74) is 12.9. The molecule has 0 aliphatic rings. The topological polar surface area (TPSA) is 72.5 Å². The molecule has 4 rings (SSSR count). The van der Waals surface area contributed by atoms with Crippen molar-refractivity contribution in [1.82, 2.24) is 4.98 Å². The molecule has 144 valence electrons. The van der Waals surface area contributed by atoms with E-state index in [-0.39, 0.29) is 0 Å². The molecule has 5 nitrogen and oxygen atoms in total. The molecule has 1 aromatic heterocycles. The van der Waals surface area contributed by atoms with Gasteiger partial charge in [-0.25, -0.2) is 4.98 Å². The van der Waals surface area contributed by atoms with Gasteiger partial charge in [-0.3, -0.25) is 5.43 Å². The van der Waals surface area contributed by atoms with Crippen LogP contribution < -0.4 is 15.9 Å². The molecule has 3 aromatic carbocycles. The Morgan fingerprint density at radius 2 is 1.72 bits per heavy atom. The molecule has 4 aromatic rings. The van der Waals surface area contributed by atoms with Crippen molar-refractivity contribution in [2.75, 3.05) is 11.2 Å². The molecule has 0 aliphatic heterocycles. The van der Waals surface area contributed by atoms with Crippen molar-refractivity contribution in [2.24, 2.45) is 5.10 Å². The average Bonchev–Trinajstić information content (AvgIpc) is 3.19. The second-order valence-corrected chi connectivity index (χ2v) is 7.19. The van der Waals surface area contributed by atoms with Crippen molar-refractivity contribution in [1.29, 1.82) is 0 Å². The summed E-state index contributed by atoms with van der Waals surface area (Å²) in [6.07, 6.45) is 1.78.